The van der Waals surface area contributed by atoms with Crippen molar-refractivity contribution in [3.8, 4) is 5.75 Å². The van der Waals surface area contributed by atoms with Crippen molar-refractivity contribution in [2.75, 3.05) is 12.3 Å². The molecule has 2 N–H and O–H groups in total. The molecule has 0 bridgehead atoms. The minimum Gasteiger partial charge on any atom is -0.492 e. The van der Waals surface area contributed by atoms with Crippen LogP contribution in [0.25, 0.3) is 11.0 Å². The summed E-state index contributed by atoms with van der Waals surface area (Å²) in [5.74, 6) is 1.26. The number of anilines is 1. The molecule has 0 saturated heterocycles. The van der Waals surface area contributed by atoms with E-state index in [4.69, 9.17) is 10.5 Å². The van der Waals surface area contributed by atoms with Crippen molar-refractivity contribution in [3.63, 3.8) is 0 Å². The number of nitrogens with two attached hydrogens (primary N) is 1. The summed E-state index contributed by atoms with van der Waals surface area (Å²) in [6.07, 6.45) is 2.94. The number of benzene rings is 1. The molecule has 110 valence electrons. The third-order valence-electron chi connectivity index (χ3n) is 3.31. The van der Waals surface area contributed by atoms with Gasteiger partial charge >= 0.3 is 0 Å². The monoisotopic (exact) mass is 302 g/mol. The van der Waals surface area contributed by atoms with Crippen molar-refractivity contribution in [2.45, 2.75) is 26.8 Å². The van der Waals surface area contributed by atoms with Crippen LogP contribution in [-0.4, -0.2) is 21.1 Å². The van der Waals surface area contributed by atoms with Crippen LogP contribution in [0, 0.1) is 0 Å². The molecule has 0 amide bonds. The fraction of sp³-hybridized carbons (Fsp3) is 0.333. The van der Waals surface area contributed by atoms with Crippen molar-refractivity contribution in [1.82, 2.24) is 14.5 Å². The third-order valence-corrected chi connectivity index (χ3v) is 4.44. The van der Waals surface area contributed by atoms with E-state index >= 15 is 0 Å². The minimum atomic E-state index is 0.491. The van der Waals surface area contributed by atoms with Gasteiger partial charge in [0, 0.05) is 11.1 Å². The van der Waals surface area contributed by atoms with Gasteiger partial charge in [-0.15, -0.1) is 11.3 Å². The van der Waals surface area contributed by atoms with Crippen LogP contribution in [0.4, 0.5) is 5.95 Å². The molecule has 0 fully saturated rings. The molecule has 5 nitrogen and oxygen atoms in total. The van der Waals surface area contributed by atoms with Gasteiger partial charge in [0.05, 0.1) is 18.7 Å². The summed E-state index contributed by atoms with van der Waals surface area (Å²) in [5.41, 5.74) is 7.87. The predicted octanol–water partition coefficient (Wildman–Crippen LogP) is 3.08. The standard InChI is InChI=1S/C15H18N4OS/c1-3-10-8-17-13(21-10)9-19-11-6-5-7-12(20-4-2)14(11)18-15(19)16/h5-8H,3-4,9H2,1-2H3,(H2,16,18). The summed E-state index contributed by atoms with van der Waals surface area (Å²) < 4.78 is 7.60. The highest BCUT2D eigenvalue weighted by atomic mass is 32.1. The Hall–Kier alpha value is -2.08. The first kappa shape index (κ1) is 13.9. The van der Waals surface area contributed by atoms with Gasteiger partial charge in [-0.3, -0.25) is 0 Å². The van der Waals surface area contributed by atoms with E-state index in [-0.39, 0.29) is 0 Å². The number of fused-ring (bicyclic) bond motifs is 1. The van der Waals surface area contributed by atoms with Crippen LogP contribution in [0.15, 0.2) is 24.4 Å². The topological polar surface area (TPSA) is 66.0 Å². The molecular weight excluding hydrogens is 284 g/mol. The largest absolute Gasteiger partial charge is 0.492 e. The van der Waals surface area contributed by atoms with Gasteiger partial charge in [0.2, 0.25) is 5.95 Å². The molecule has 0 unspecified atom stereocenters. The maximum absolute atomic E-state index is 6.08. The fourth-order valence-electron chi connectivity index (χ4n) is 2.30. The Morgan fingerprint density at radius 1 is 1.33 bits per heavy atom. The number of hydrogen-bond donors (Lipinski definition) is 1. The number of aryl methyl sites for hydroxylation is 1. The van der Waals surface area contributed by atoms with E-state index in [1.54, 1.807) is 11.3 Å². The number of thiazole rings is 1. The lowest BCUT2D eigenvalue weighted by molar-refractivity contribution is 0.343. The molecule has 2 aromatic heterocycles. The molecule has 0 saturated carbocycles. The number of nitrogens with zero attached hydrogens (tertiary/aromatic N) is 3. The highest BCUT2D eigenvalue weighted by Gasteiger charge is 2.13. The third kappa shape index (κ3) is 2.58. The van der Waals surface area contributed by atoms with Crippen LogP contribution < -0.4 is 10.5 Å². The molecular formula is C15H18N4OS. The Bertz CT molecular complexity index is 762. The Labute approximate surface area is 127 Å². The number of nitrogen functional groups attached to an aromatic ring is 1. The van der Waals surface area contributed by atoms with Crippen LogP contribution in [0.3, 0.4) is 0 Å². The molecule has 0 spiro atoms. The lowest BCUT2D eigenvalue weighted by atomic mass is 10.3. The second-order valence-electron chi connectivity index (χ2n) is 4.69. The zero-order valence-electron chi connectivity index (χ0n) is 12.2. The number of ether oxygens (including phenoxy) is 1. The fourth-order valence-corrected chi connectivity index (χ4v) is 3.15. The van der Waals surface area contributed by atoms with Crippen molar-refractivity contribution in [3.05, 3.63) is 34.3 Å². The molecule has 3 rings (SSSR count). The molecule has 0 aliphatic heterocycles. The van der Waals surface area contributed by atoms with E-state index < -0.39 is 0 Å². The SMILES string of the molecule is CCOc1cccc2c1nc(N)n2Cc1ncc(CC)s1. The summed E-state index contributed by atoms with van der Waals surface area (Å²) in [4.78, 5) is 10.2. The average molecular weight is 302 g/mol. The number of rotatable bonds is 5. The second kappa shape index (κ2) is 5.73. The zero-order valence-corrected chi connectivity index (χ0v) is 13.0. The van der Waals surface area contributed by atoms with E-state index in [1.807, 2.05) is 35.9 Å². The zero-order chi connectivity index (χ0) is 14.8. The molecule has 21 heavy (non-hydrogen) atoms. The molecule has 0 radical (unpaired) electrons. The van der Waals surface area contributed by atoms with Gasteiger partial charge in [0.1, 0.15) is 16.3 Å². The Morgan fingerprint density at radius 2 is 2.19 bits per heavy atom. The molecule has 0 aliphatic rings. The van der Waals surface area contributed by atoms with Crippen LogP contribution in [0.5, 0.6) is 5.75 Å². The van der Waals surface area contributed by atoms with E-state index in [2.05, 4.69) is 16.9 Å². The quantitative estimate of drug-likeness (QED) is 0.786. The highest BCUT2D eigenvalue weighted by Crippen LogP contribution is 2.28. The number of para-hydroxylation sites is 1. The summed E-state index contributed by atoms with van der Waals surface area (Å²) in [5, 5.41) is 1.04. The van der Waals surface area contributed by atoms with Crippen molar-refractivity contribution in [1.29, 1.82) is 0 Å². The highest BCUT2D eigenvalue weighted by molar-refractivity contribution is 7.11. The normalized spacial score (nSPS) is 11.1. The van der Waals surface area contributed by atoms with Crippen LogP contribution >= 0.6 is 11.3 Å². The predicted molar refractivity (Wildman–Crippen MR) is 85.9 cm³/mol. The first-order valence-electron chi connectivity index (χ1n) is 7.04. The Kier molecular flexibility index (Phi) is 3.79. The van der Waals surface area contributed by atoms with Gasteiger partial charge in [-0.05, 0) is 25.5 Å². The summed E-state index contributed by atoms with van der Waals surface area (Å²) in [7, 11) is 0. The molecule has 2 heterocycles. The number of imidazole rings is 1. The summed E-state index contributed by atoms with van der Waals surface area (Å²) >= 11 is 1.72. The lowest BCUT2D eigenvalue weighted by Gasteiger charge is -2.05. The Balaban J connectivity index is 2.01. The van der Waals surface area contributed by atoms with Gasteiger partial charge in [-0.1, -0.05) is 13.0 Å². The van der Waals surface area contributed by atoms with Gasteiger partial charge in [0.25, 0.3) is 0 Å². The molecule has 1 aromatic carbocycles. The first-order valence-corrected chi connectivity index (χ1v) is 7.85. The summed E-state index contributed by atoms with van der Waals surface area (Å²) in [6.45, 7) is 5.34. The molecule has 0 atom stereocenters. The van der Waals surface area contributed by atoms with Crippen LogP contribution in [-0.2, 0) is 13.0 Å². The van der Waals surface area contributed by atoms with Gasteiger partial charge in [0.15, 0.2) is 0 Å². The summed E-state index contributed by atoms with van der Waals surface area (Å²) in [6, 6.07) is 5.89. The minimum absolute atomic E-state index is 0.491. The van der Waals surface area contributed by atoms with Crippen molar-refractivity contribution in [2.24, 2.45) is 0 Å². The first-order chi connectivity index (χ1) is 10.2. The Morgan fingerprint density at radius 3 is 2.90 bits per heavy atom. The van der Waals surface area contributed by atoms with E-state index in [0.29, 0.717) is 19.1 Å². The van der Waals surface area contributed by atoms with Gasteiger partial charge in [-0.25, -0.2) is 9.97 Å². The van der Waals surface area contributed by atoms with Crippen molar-refractivity contribution >= 4 is 28.3 Å². The van der Waals surface area contributed by atoms with Gasteiger partial charge < -0.3 is 15.0 Å². The smallest absolute Gasteiger partial charge is 0.201 e. The maximum Gasteiger partial charge on any atom is 0.201 e. The van der Waals surface area contributed by atoms with E-state index in [0.717, 1.165) is 28.2 Å². The second-order valence-corrected chi connectivity index (χ2v) is 5.89. The van der Waals surface area contributed by atoms with E-state index in [1.165, 1.54) is 4.88 Å². The number of hydrogen-bond acceptors (Lipinski definition) is 5. The molecule has 6 heteroatoms. The molecule has 0 aliphatic carbocycles. The van der Waals surface area contributed by atoms with Crippen LogP contribution in [0.1, 0.15) is 23.7 Å². The van der Waals surface area contributed by atoms with Crippen molar-refractivity contribution < 1.29 is 4.74 Å². The average Bonchev–Trinajstić information content (AvgIpc) is 3.06. The lowest BCUT2D eigenvalue weighted by Crippen LogP contribution is -2.04. The maximum atomic E-state index is 6.08. The number of aromatic nitrogens is 3. The van der Waals surface area contributed by atoms with Gasteiger partial charge in [-0.2, -0.15) is 0 Å². The van der Waals surface area contributed by atoms with Crippen LogP contribution in [0.2, 0.25) is 0 Å². The van der Waals surface area contributed by atoms with E-state index in [9.17, 15) is 0 Å². The molecule has 3 aromatic rings.